The highest BCUT2D eigenvalue weighted by molar-refractivity contribution is 7.99. The summed E-state index contributed by atoms with van der Waals surface area (Å²) in [6.07, 6.45) is 2.13. The molecular formula is C23H18ClN5O2S. The van der Waals surface area contributed by atoms with Gasteiger partial charge in [0, 0.05) is 34.3 Å². The van der Waals surface area contributed by atoms with Gasteiger partial charge in [-0.25, -0.2) is 4.98 Å². The molecule has 7 nitrogen and oxygen atoms in total. The van der Waals surface area contributed by atoms with Crippen molar-refractivity contribution in [1.29, 1.82) is 0 Å². The Bertz CT molecular complexity index is 1240. The molecule has 9 heteroatoms. The number of carbonyl (C=O) groups is 2. The van der Waals surface area contributed by atoms with Crippen molar-refractivity contribution in [1.82, 2.24) is 25.4 Å². The third-order valence-electron chi connectivity index (χ3n) is 4.63. The van der Waals surface area contributed by atoms with E-state index in [1.54, 1.807) is 30.1 Å². The predicted molar refractivity (Wildman–Crippen MR) is 124 cm³/mol. The highest BCUT2D eigenvalue weighted by atomic mass is 35.5. The zero-order chi connectivity index (χ0) is 22.5. The number of amides is 2. The number of hydrazine groups is 1. The molecule has 0 fully saturated rings. The van der Waals surface area contributed by atoms with Crippen molar-refractivity contribution in [2.75, 3.05) is 0 Å². The maximum atomic E-state index is 12.1. The lowest BCUT2D eigenvalue weighted by Crippen LogP contribution is -2.36. The molecule has 2 aromatic carbocycles. The summed E-state index contributed by atoms with van der Waals surface area (Å²) in [6, 6.07) is 20.3. The van der Waals surface area contributed by atoms with Crippen molar-refractivity contribution in [3.63, 3.8) is 0 Å². The number of benzene rings is 2. The van der Waals surface area contributed by atoms with E-state index in [2.05, 4.69) is 15.8 Å². The predicted octanol–water partition coefficient (Wildman–Crippen LogP) is 4.34. The number of carbonyl (C=O) groups excluding carboxylic acids is 2. The normalized spacial score (nSPS) is 10.6. The Balaban J connectivity index is 1.75. The zero-order valence-electron chi connectivity index (χ0n) is 16.9. The number of nitrogens with zero attached hydrogens (tertiary/aromatic N) is 3. The molecule has 0 radical (unpaired) electrons. The van der Waals surface area contributed by atoms with Crippen molar-refractivity contribution in [2.24, 2.45) is 7.05 Å². The van der Waals surface area contributed by atoms with Gasteiger partial charge in [-0.1, -0.05) is 41.6 Å². The van der Waals surface area contributed by atoms with Gasteiger partial charge in [0.1, 0.15) is 16.4 Å². The molecule has 0 atom stereocenters. The first-order chi connectivity index (χ1) is 15.6. The van der Waals surface area contributed by atoms with Crippen molar-refractivity contribution in [3.05, 3.63) is 83.5 Å². The van der Waals surface area contributed by atoms with Crippen LogP contribution in [0.5, 0.6) is 0 Å². The van der Waals surface area contributed by atoms with Crippen LogP contribution >= 0.6 is 23.4 Å². The third-order valence-corrected chi connectivity index (χ3v) is 6.05. The fourth-order valence-corrected chi connectivity index (χ4v) is 4.18. The summed E-state index contributed by atoms with van der Waals surface area (Å²) in [5.74, 6) is 0.323. The maximum Gasteiger partial charge on any atom is 0.269 e. The molecule has 2 heterocycles. The Labute approximate surface area is 193 Å². The van der Waals surface area contributed by atoms with Gasteiger partial charge in [0.2, 0.25) is 6.41 Å². The third kappa shape index (κ3) is 4.66. The van der Waals surface area contributed by atoms with Gasteiger partial charge in [-0.3, -0.25) is 25.4 Å². The largest absolute Gasteiger partial charge is 0.320 e. The smallest absolute Gasteiger partial charge is 0.269 e. The Morgan fingerprint density at radius 1 is 1.06 bits per heavy atom. The molecular weight excluding hydrogens is 446 g/mol. The molecule has 0 unspecified atom stereocenters. The molecule has 0 bridgehead atoms. The average Bonchev–Trinajstić information content (AvgIpc) is 3.15. The molecule has 0 aliphatic heterocycles. The SMILES string of the molecule is Cn1c(-c2ccccn2)nc(-c2ccc(C(=O)NNC=O)cc2)c1Sc1ccc(Cl)cc1. The second-order valence-corrected chi connectivity index (χ2v) is 8.21. The van der Waals surface area contributed by atoms with E-state index in [0.29, 0.717) is 17.0 Å². The fourth-order valence-electron chi connectivity index (χ4n) is 3.07. The van der Waals surface area contributed by atoms with Gasteiger partial charge in [0.05, 0.1) is 0 Å². The summed E-state index contributed by atoms with van der Waals surface area (Å²) in [7, 11) is 1.95. The van der Waals surface area contributed by atoms with E-state index in [9.17, 15) is 9.59 Å². The summed E-state index contributed by atoms with van der Waals surface area (Å²) in [6.45, 7) is 0. The first-order valence-electron chi connectivity index (χ1n) is 9.58. The quantitative estimate of drug-likeness (QED) is 0.314. The Morgan fingerprint density at radius 3 is 2.47 bits per heavy atom. The number of pyridine rings is 1. The van der Waals surface area contributed by atoms with Gasteiger partial charge >= 0.3 is 0 Å². The second-order valence-electron chi connectivity index (χ2n) is 6.71. The van der Waals surface area contributed by atoms with E-state index in [4.69, 9.17) is 16.6 Å². The minimum atomic E-state index is -0.408. The number of nitrogens with one attached hydrogen (secondary N) is 2. The molecule has 160 valence electrons. The molecule has 2 N–H and O–H groups in total. The van der Waals surface area contributed by atoms with Crippen LogP contribution in [0, 0.1) is 0 Å². The van der Waals surface area contributed by atoms with Crippen LogP contribution in [0.4, 0.5) is 0 Å². The highest BCUT2D eigenvalue weighted by Gasteiger charge is 2.19. The number of hydrogen-bond acceptors (Lipinski definition) is 5. The molecule has 0 aliphatic carbocycles. The van der Waals surface area contributed by atoms with Crippen LogP contribution in [0.2, 0.25) is 5.02 Å². The van der Waals surface area contributed by atoms with E-state index < -0.39 is 5.91 Å². The maximum absolute atomic E-state index is 12.1. The Morgan fingerprint density at radius 2 is 1.81 bits per heavy atom. The van der Waals surface area contributed by atoms with E-state index >= 15 is 0 Å². The number of halogens is 1. The van der Waals surface area contributed by atoms with Gasteiger partial charge < -0.3 is 4.57 Å². The lowest BCUT2D eigenvalue weighted by molar-refractivity contribution is -0.110. The molecule has 0 aliphatic rings. The first kappa shape index (κ1) is 21.6. The Kier molecular flexibility index (Phi) is 6.53. The summed E-state index contributed by atoms with van der Waals surface area (Å²) in [4.78, 5) is 32.8. The van der Waals surface area contributed by atoms with E-state index in [0.717, 1.165) is 32.7 Å². The molecule has 2 aromatic heterocycles. The lowest BCUT2D eigenvalue weighted by atomic mass is 10.1. The second kappa shape index (κ2) is 9.67. The molecule has 0 saturated heterocycles. The zero-order valence-corrected chi connectivity index (χ0v) is 18.5. The van der Waals surface area contributed by atoms with Crippen molar-refractivity contribution < 1.29 is 9.59 Å². The molecule has 32 heavy (non-hydrogen) atoms. The van der Waals surface area contributed by atoms with Gasteiger partial charge in [0.25, 0.3) is 5.91 Å². The fraction of sp³-hybridized carbons (Fsp3) is 0.0435. The van der Waals surface area contributed by atoms with Crippen LogP contribution in [0.15, 0.2) is 82.8 Å². The van der Waals surface area contributed by atoms with Crippen LogP contribution in [-0.4, -0.2) is 26.9 Å². The highest BCUT2D eigenvalue weighted by Crippen LogP contribution is 2.38. The van der Waals surface area contributed by atoms with Crippen LogP contribution in [0.1, 0.15) is 10.4 Å². The summed E-state index contributed by atoms with van der Waals surface area (Å²) in [5, 5.41) is 1.60. The number of hydrogen-bond donors (Lipinski definition) is 2. The molecule has 2 amide bonds. The van der Waals surface area contributed by atoms with Gasteiger partial charge in [-0.05, 0) is 48.5 Å². The number of imidazole rings is 1. The topological polar surface area (TPSA) is 88.9 Å². The van der Waals surface area contributed by atoms with Crippen molar-refractivity contribution >= 4 is 35.7 Å². The number of rotatable bonds is 7. The molecule has 4 aromatic rings. The Hall–Kier alpha value is -3.62. The number of aromatic nitrogens is 3. The van der Waals surface area contributed by atoms with Crippen molar-refractivity contribution in [3.8, 4) is 22.8 Å². The van der Waals surface area contributed by atoms with Gasteiger partial charge in [-0.15, -0.1) is 0 Å². The van der Waals surface area contributed by atoms with E-state index in [1.807, 2.05) is 66.2 Å². The molecule has 0 saturated carbocycles. The van der Waals surface area contributed by atoms with Crippen LogP contribution in [-0.2, 0) is 11.8 Å². The summed E-state index contributed by atoms with van der Waals surface area (Å²) < 4.78 is 2.01. The van der Waals surface area contributed by atoms with Gasteiger partial charge in [0.15, 0.2) is 5.82 Å². The average molecular weight is 464 g/mol. The van der Waals surface area contributed by atoms with Crippen LogP contribution in [0.3, 0.4) is 0 Å². The van der Waals surface area contributed by atoms with E-state index in [-0.39, 0.29) is 0 Å². The van der Waals surface area contributed by atoms with Gasteiger partial charge in [-0.2, -0.15) is 0 Å². The minimum Gasteiger partial charge on any atom is -0.320 e. The molecule has 0 spiro atoms. The summed E-state index contributed by atoms with van der Waals surface area (Å²) in [5.41, 5.74) is 7.23. The standard InChI is InChI=1S/C23H18ClN5O2S/c1-29-21(19-4-2-3-13-25-19)27-20(23(29)32-18-11-9-17(24)10-12-18)15-5-7-16(8-6-15)22(31)28-26-14-30/h2-14H,1H3,(H,26,30)(H,28,31). The monoisotopic (exact) mass is 463 g/mol. The minimum absolute atomic E-state index is 0.402. The van der Waals surface area contributed by atoms with E-state index in [1.165, 1.54) is 0 Å². The van der Waals surface area contributed by atoms with Crippen molar-refractivity contribution in [2.45, 2.75) is 9.92 Å². The molecule has 4 rings (SSSR count). The lowest BCUT2D eigenvalue weighted by Gasteiger charge is -2.08. The summed E-state index contributed by atoms with van der Waals surface area (Å²) >= 11 is 7.61. The van der Waals surface area contributed by atoms with Crippen LogP contribution in [0.25, 0.3) is 22.8 Å². The first-order valence-corrected chi connectivity index (χ1v) is 10.8. The van der Waals surface area contributed by atoms with Crippen LogP contribution < -0.4 is 10.9 Å².